The molecule has 1 aliphatic carbocycles. The minimum Gasteiger partial charge on any atom is -0.256 e. The van der Waals surface area contributed by atoms with Crippen LogP contribution in [0.1, 0.15) is 51.3 Å². The number of rotatable bonds is 0. The normalized spacial score (nSPS) is 15.1. The van der Waals surface area contributed by atoms with Crippen molar-refractivity contribution < 1.29 is 0 Å². The Hall–Kier alpha value is -2.74. The summed E-state index contributed by atoms with van der Waals surface area (Å²) in [5, 5.41) is 2.51. The Kier molecular flexibility index (Phi) is 3.14. The van der Waals surface area contributed by atoms with Crippen molar-refractivity contribution in [1.29, 1.82) is 0 Å². The van der Waals surface area contributed by atoms with Crippen LogP contribution in [0.3, 0.4) is 0 Å². The van der Waals surface area contributed by atoms with E-state index in [9.17, 15) is 0 Å². The Morgan fingerprint density at radius 2 is 1.59 bits per heavy atom. The summed E-state index contributed by atoms with van der Waals surface area (Å²) >= 11 is 0. The molecule has 0 N–H and O–H groups in total. The first-order valence-electron chi connectivity index (χ1n) is 9.62. The van der Waals surface area contributed by atoms with E-state index < -0.39 is 0 Å². The van der Waals surface area contributed by atoms with Gasteiger partial charge in [-0.2, -0.15) is 0 Å². The summed E-state index contributed by atoms with van der Waals surface area (Å²) in [6.07, 6.45) is 1.90. The molecule has 2 heterocycles. The Bertz CT molecular complexity index is 1220. The third kappa shape index (κ3) is 2.19. The molecule has 0 atom stereocenters. The molecule has 4 aromatic rings. The topological polar surface area (TPSA) is 25.8 Å². The van der Waals surface area contributed by atoms with Crippen LogP contribution in [-0.4, -0.2) is 9.97 Å². The second-order valence-electron chi connectivity index (χ2n) is 9.19. The molecule has 1 aliphatic rings. The van der Waals surface area contributed by atoms with Gasteiger partial charge in [0, 0.05) is 27.9 Å². The second kappa shape index (κ2) is 5.16. The zero-order valence-electron chi connectivity index (χ0n) is 16.6. The average molecular weight is 352 g/mol. The van der Waals surface area contributed by atoms with E-state index in [1.165, 1.54) is 33.0 Å². The molecule has 0 amide bonds. The van der Waals surface area contributed by atoms with E-state index in [-0.39, 0.29) is 10.8 Å². The molecule has 0 unspecified atom stereocenters. The average Bonchev–Trinajstić information content (AvgIpc) is 2.63. The molecule has 2 nitrogen and oxygen atoms in total. The number of pyridine rings is 2. The molecule has 0 aliphatic heterocycles. The monoisotopic (exact) mass is 352 g/mol. The summed E-state index contributed by atoms with van der Waals surface area (Å²) in [7, 11) is 0. The van der Waals surface area contributed by atoms with Crippen LogP contribution in [0.15, 0.2) is 54.7 Å². The van der Waals surface area contributed by atoms with Gasteiger partial charge in [-0.25, -0.2) is 4.98 Å². The van der Waals surface area contributed by atoms with Crippen molar-refractivity contribution >= 4 is 21.8 Å². The number of fused-ring (bicyclic) bond motifs is 3. The van der Waals surface area contributed by atoms with E-state index in [0.29, 0.717) is 0 Å². The maximum Gasteiger partial charge on any atom is 0.0758 e. The summed E-state index contributed by atoms with van der Waals surface area (Å²) in [5.74, 6) is 0. The number of nitrogens with zero attached hydrogens (tertiary/aromatic N) is 2. The summed E-state index contributed by atoms with van der Waals surface area (Å²) in [6, 6.07) is 17.5. The Labute approximate surface area is 160 Å². The quantitative estimate of drug-likeness (QED) is 0.366. The molecule has 0 saturated heterocycles. The summed E-state index contributed by atoms with van der Waals surface area (Å²) in [5.41, 5.74) is 8.38. The molecule has 2 aromatic carbocycles. The van der Waals surface area contributed by atoms with E-state index in [2.05, 4.69) is 88.1 Å². The lowest BCUT2D eigenvalue weighted by Gasteiger charge is -2.35. The molecule has 0 saturated carbocycles. The van der Waals surface area contributed by atoms with Gasteiger partial charge in [0.05, 0.1) is 16.7 Å². The minimum atomic E-state index is -0.114. The van der Waals surface area contributed by atoms with Gasteiger partial charge in [-0.05, 0) is 46.4 Å². The highest BCUT2D eigenvalue weighted by atomic mass is 14.7. The third-order valence-corrected chi connectivity index (χ3v) is 6.04. The van der Waals surface area contributed by atoms with Gasteiger partial charge in [0.1, 0.15) is 0 Å². The SMILES string of the molecule is CC(C)(C)c1cccc2nc3c(cc12)C(C)(C)c1cccc2nccc-3c12. The van der Waals surface area contributed by atoms with Crippen LogP contribution in [0.5, 0.6) is 0 Å². The van der Waals surface area contributed by atoms with Gasteiger partial charge in [0.25, 0.3) is 0 Å². The molecular weight excluding hydrogens is 328 g/mol. The van der Waals surface area contributed by atoms with Crippen LogP contribution in [0.25, 0.3) is 33.1 Å². The van der Waals surface area contributed by atoms with E-state index in [1.807, 2.05) is 6.20 Å². The molecule has 0 bridgehead atoms. The molecule has 27 heavy (non-hydrogen) atoms. The van der Waals surface area contributed by atoms with Crippen molar-refractivity contribution in [2.45, 2.75) is 45.4 Å². The molecule has 0 spiro atoms. The second-order valence-corrected chi connectivity index (χ2v) is 9.19. The van der Waals surface area contributed by atoms with Crippen LogP contribution >= 0.6 is 0 Å². The van der Waals surface area contributed by atoms with Gasteiger partial charge in [0.2, 0.25) is 0 Å². The highest BCUT2D eigenvalue weighted by Gasteiger charge is 2.35. The Balaban J connectivity index is 1.96. The van der Waals surface area contributed by atoms with Crippen LogP contribution < -0.4 is 0 Å². The molecule has 134 valence electrons. The first-order valence-corrected chi connectivity index (χ1v) is 9.62. The molecule has 5 rings (SSSR count). The number of hydrogen-bond donors (Lipinski definition) is 0. The predicted molar refractivity (Wildman–Crippen MR) is 113 cm³/mol. The van der Waals surface area contributed by atoms with Gasteiger partial charge < -0.3 is 0 Å². The third-order valence-electron chi connectivity index (χ3n) is 6.04. The highest BCUT2D eigenvalue weighted by molar-refractivity contribution is 6.02. The minimum absolute atomic E-state index is 0.0794. The van der Waals surface area contributed by atoms with Gasteiger partial charge >= 0.3 is 0 Å². The first kappa shape index (κ1) is 16.4. The Morgan fingerprint density at radius 3 is 2.37 bits per heavy atom. The van der Waals surface area contributed by atoms with Crippen molar-refractivity contribution in [3.63, 3.8) is 0 Å². The molecule has 0 fully saturated rings. The van der Waals surface area contributed by atoms with Crippen molar-refractivity contribution in [3.8, 4) is 11.3 Å². The maximum absolute atomic E-state index is 5.18. The largest absolute Gasteiger partial charge is 0.256 e. The van der Waals surface area contributed by atoms with Crippen LogP contribution in [0.2, 0.25) is 0 Å². The first-order chi connectivity index (χ1) is 12.8. The van der Waals surface area contributed by atoms with Crippen LogP contribution in [0, 0.1) is 0 Å². The number of aromatic nitrogens is 2. The molecule has 2 heteroatoms. The number of hydrogen-bond acceptors (Lipinski definition) is 2. The summed E-state index contributed by atoms with van der Waals surface area (Å²) < 4.78 is 0. The fourth-order valence-electron chi connectivity index (χ4n) is 4.60. The van der Waals surface area contributed by atoms with E-state index in [1.54, 1.807) is 0 Å². The lowest BCUT2D eigenvalue weighted by atomic mass is 9.70. The van der Waals surface area contributed by atoms with Crippen molar-refractivity contribution in [2.75, 3.05) is 0 Å². The molecular formula is C25H24N2. The van der Waals surface area contributed by atoms with Crippen molar-refractivity contribution in [3.05, 3.63) is 71.4 Å². The van der Waals surface area contributed by atoms with Gasteiger partial charge in [-0.15, -0.1) is 0 Å². The fourth-order valence-corrected chi connectivity index (χ4v) is 4.60. The molecule has 0 radical (unpaired) electrons. The predicted octanol–water partition coefficient (Wildman–Crippen LogP) is 6.39. The summed E-state index contributed by atoms with van der Waals surface area (Å²) in [4.78, 5) is 9.79. The zero-order valence-corrected chi connectivity index (χ0v) is 16.6. The summed E-state index contributed by atoms with van der Waals surface area (Å²) in [6.45, 7) is 11.4. The van der Waals surface area contributed by atoms with Gasteiger partial charge in [-0.3, -0.25) is 4.98 Å². The lowest BCUT2D eigenvalue weighted by molar-refractivity contribution is 0.595. The zero-order chi connectivity index (χ0) is 19.0. The molecule has 2 aromatic heterocycles. The Morgan fingerprint density at radius 1 is 0.852 bits per heavy atom. The number of benzene rings is 2. The van der Waals surface area contributed by atoms with Crippen molar-refractivity contribution in [2.24, 2.45) is 0 Å². The van der Waals surface area contributed by atoms with E-state index in [4.69, 9.17) is 4.98 Å². The maximum atomic E-state index is 5.18. The van der Waals surface area contributed by atoms with E-state index in [0.717, 1.165) is 16.7 Å². The standard InChI is InChI=1S/C25H24N2/c1-24(2,3)17-8-6-10-20-16(17)14-19-23(27-20)15-12-13-26-21-11-7-9-18(22(15)21)25(19,4)5/h6-14H,1-5H3. The van der Waals surface area contributed by atoms with E-state index >= 15 is 0 Å². The van der Waals surface area contributed by atoms with Gasteiger partial charge in [0.15, 0.2) is 0 Å². The van der Waals surface area contributed by atoms with Crippen molar-refractivity contribution in [1.82, 2.24) is 9.97 Å². The van der Waals surface area contributed by atoms with Crippen LogP contribution in [0.4, 0.5) is 0 Å². The van der Waals surface area contributed by atoms with Gasteiger partial charge in [-0.1, -0.05) is 58.9 Å². The highest BCUT2D eigenvalue weighted by Crippen LogP contribution is 2.48. The van der Waals surface area contributed by atoms with Crippen LogP contribution in [-0.2, 0) is 10.8 Å². The lowest BCUT2D eigenvalue weighted by Crippen LogP contribution is -2.25. The fraction of sp³-hybridized carbons (Fsp3) is 0.280. The smallest absolute Gasteiger partial charge is 0.0758 e.